The molecule has 0 radical (unpaired) electrons. The fourth-order valence-electron chi connectivity index (χ4n) is 4.31. The zero-order chi connectivity index (χ0) is 29.1. The Hall–Kier alpha value is -2.18. The van der Waals surface area contributed by atoms with Crippen molar-refractivity contribution in [1.29, 1.82) is 0 Å². The summed E-state index contributed by atoms with van der Waals surface area (Å²) in [6.45, 7) is 5.34. The predicted molar refractivity (Wildman–Crippen MR) is 155 cm³/mol. The normalized spacial score (nSPS) is 21.0. The van der Waals surface area contributed by atoms with Crippen LogP contribution < -0.4 is 10.6 Å². The summed E-state index contributed by atoms with van der Waals surface area (Å²) >= 11 is 0. The Bertz CT molecular complexity index is 662. The number of ether oxygens (including phenoxy) is 7. The van der Waals surface area contributed by atoms with Crippen LogP contribution in [0.15, 0.2) is 24.3 Å². The summed E-state index contributed by atoms with van der Waals surface area (Å²) in [5, 5.41) is 5.46. The molecule has 11 nitrogen and oxygen atoms in total. The van der Waals surface area contributed by atoms with Gasteiger partial charge in [0.05, 0.1) is 66.1 Å². The third-order valence-corrected chi connectivity index (χ3v) is 6.50. The van der Waals surface area contributed by atoms with Gasteiger partial charge in [-0.1, -0.05) is 24.3 Å². The summed E-state index contributed by atoms with van der Waals surface area (Å²) in [4.78, 5) is 23.8. The highest BCUT2D eigenvalue weighted by Gasteiger charge is 2.15. The summed E-state index contributed by atoms with van der Waals surface area (Å²) < 4.78 is 38.3. The maximum atomic E-state index is 11.9. The van der Waals surface area contributed by atoms with E-state index in [0.717, 1.165) is 64.2 Å². The molecule has 2 rings (SSSR count). The standard InChI is InChI=1S/C30H52N2O9/c33-29(40-27-11-7-3-1-4-8-12-27)31-15-17-35-19-21-37-23-25-39-26-24-38-22-20-36-18-16-32-30(34)41-28-13-9-5-2-6-10-14-28/h1-3,5,27-28H,4,6-26H2,(H,31,33)(H,32,34)/b3-1+,5-2+. The average molecular weight is 585 g/mol. The van der Waals surface area contributed by atoms with Gasteiger partial charge in [0.1, 0.15) is 12.2 Å². The molecule has 0 heterocycles. The number of nitrogens with one attached hydrogen (secondary N) is 2. The van der Waals surface area contributed by atoms with E-state index in [1.807, 2.05) is 0 Å². The van der Waals surface area contributed by atoms with Crippen LogP contribution in [0.2, 0.25) is 0 Å². The van der Waals surface area contributed by atoms with Gasteiger partial charge in [0.2, 0.25) is 0 Å². The molecule has 0 aromatic heterocycles. The quantitative estimate of drug-likeness (QED) is 0.159. The molecule has 0 fully saturated rings. The Balaban J connectivity index is 1.24. The topological polar surface area (TPSA) is 123 Å². The van der Waals surface area contributed by atoms with Gasteiger partial charge in [0.15, 0.2) is 0 Å². The summed E-state index contributed by atoms with van der Waals surface area (Å²) in [6, 6.07) is 0. The molecule has 2 amide bonds. The second kappa shape index (κ2) is 25.5. The SMILES string of the molecule is O=C(NCCOCCOCCOCCOCCOCCNC(=O)OC1CC/C=C/CCC1)OC1CC/C=C/CCC1. The third kappa shape index (κ3) is 21.2. The van der Waals surface area contributed by atoms with Crippen LogP contribution in [0.5, 0.6) is 0 Å². The van der Waals surface area contributed by atoms with Crippen molar-refractivity contribution >= 4 is 12.2 Å². The Labute approximate surface area is 245 Å². The summed E-state index contributed by atoms with van der Waals surface area (Å²) in [7, 11) is 0. The number of hydrogen-bond donors (Lipinski definition) is 2. The van der Waals surface area contributed by atoms with E-state index in [-0.39, 0.29) is 24.4 Å². The summed E-state index contributed by atoms with van der Waals surface area (Å²) in [5.41, 5.74) is 0. The molecule has 0 aliphatic heterocycles. The monoisotopic (exact) mass is 584 g/mol. The first-order valence-corrected chi connectivity index (χ1v) is 15.3. The number of allylic oxidation sites excluding steroid dienone is 4. The zero-order valence-electron chi connectivity index (χ0n) is 24.7. The predicted octanol–water partition coefficient (Wildman–Crippen LogP) is 4.30. The van der Waals surface area contributed by atoms with E-state index in [1.165, 1.54) is 0 Å². The van der Waals surface area contributed by atoms with Gasteiger partial charge in [-0.2, -0.15) is 0 Å². The minimum Gasteiger partial charge on any atom is -0.446 e. The summed E-state index contributed by atoms with van der Waals surface area (Å²) in [5.74, 6) is 0. The highest BCUT2D eigenvalue weighted by Crippen LogP contribution is 2.16. The molecule has 0 aromatic rings. The Kier molecular flexibility index (Phi) is 21.8. The summed E-state index contributed by atoms with van der Waals surface area (Å²) in [6.07, 6.45) is 17.6. The molecular formula is C30H52N2O9. The molecule has 2 aliphatic rings. The molecule has 0 saturated carbocycles. The van der Waals surface area contributed by atoms with Crippen molar-refractivity contribution < 1.29 is 42.7 Å². The highest BCUT2D eigenvalue weighted by atomic mass is 16.6. The maximum absolute atomic E-state index is 11.9. The van der Waals surface area contributed by atoms with Crippen LogP contribution in [-0.2, 0) is 33.2 Å². The lowest BCUT2D eigenvalue weighted by atomic mass is 10.0. The number of hydrogen-bond acceptors (Lipinski definition) is 9. The van der Waals surface area contributed by atoms with Crippen molar-refractivity contribution in [3.63, 3.8) is 0 Å². The van der Waals surface area contributed by atoms with Gasteiger partial charge in [0.25, 0.3) is 0 Å². The van der Waals surface area contributed by atoms with Gasteiger partial charge in [-0.15, -0.1) is 0 Å². The largest absolute Gasteiger partial charge is 0.446 e. The van der Waals surface area contributed by atoms with Crippen molar-refractivity contribution in [2.75, 3.05) is 79.2 Å². The van der Waals surface area contributed by atoms with Gasteiger partial charge in [-0.05, 0) is 64.2 Å². The molecule has 41 heavy (non-hydrogen) atoms. The van der Waals surface area contributed by atoms with E-state index in [0.29, 0.717) is 79.2 Å². The van der Waals surface area contributed by atoms with Crippen LogP contribution >= 0.6 is 0 Å². The first kappa shape index (κ1) is 35.0. The van der Waals surface area contributed by atoms with Crippen molar-refractivity contribution in [2.24, 2.45) is 0 Å². The molecule has 0 saturated heterocycles. The number of carbonyl (C=O) groups excluding carboxylic acids is 2. The molecule has 0 aromatic carbocycles. The van der Waals surface area contributed by atoms with Gasteiger partial charge in [-0.3, -0.25) is 0 Å². The number of alkyl carbamates (subject to hydrolysis) is 2. The molecule has 11 heteroatoms. The van der Waals surface area contributed by atoms with Crippen molar-refractivity contribution in [3.8, 4) is 0 Å². The molecule has 0 bridgehead atoms. The first-order valence-electron chi connectivity index (χ1n) is 15.3. The number of rotatable bonds is 20. The highest BCUT2D eigenvalue weighted by molar-refractivity contribution is 5.67. The molecule has 236 valence electrons. The van der Waals surface area contributed by atoms with Crippen LogP contribution in [-0.4, -0.2) is 104 Å². The van der Waals surface area contributed by atoms with Gasteiger partial charge < -0.3 is 43.8 Å². The van der Waals surface area contributed by atoms with Crippen LogP contribution in [0.4, 0.5) is 9.59 Å². The average Bonchev–Trinajstić information content (AvgIpc) is 2.93. The molecule has 2 N–H and O–H groups in total. The number of carbonyl (C=O) groups is 2. The second-order valence-electron chi connectivity index (χ2n) is 9.93. The van der Waals surface area contributed by atoms with Gasteiger partial charge in [-0.25, -0.2) is 9.59 Å². The van der Waals surface area contributed by atoms with Crippen LogP contribution in [0.25, 0.3) is 0 Å². The van der Waals surface area contributed by atoms with E-state index in [1.54, 1.807) is 0 Å². The Morgan fingerprint density at radius 3 is 1.22 bits per heavy atom. The van der Waals surface area contributed by atoms with Crippen molar-refractivity contribution in [1.82, 2.24) is 10.6 Å². The van der Waals surface area contributed by atoms with E-state index >= 15 is 0 Å². The van der Waals surface area contributed by atoms with Crippen molar-refractivity contribution in [3.05, 3.63) is 24.3 Å². The maximum Gasteiger partial charge on any atom is 0.407 e. The van der Waals surface area contributed by atoms with Crippen LogP contribution in [0.3, 0.4) is 0 Å². The lowest BCUT2D eigenvalue weighted by Gasteiger charge is -2.18. The van der Waals surface area contributed by atoms with Gasteiger partial charge in [0, 0.05) is 13.1 Å². The fraction of sp³-hybridized carbons (Fsp3) is 0.800. The molecule has 2 atom stereocenters. The Morgan fingerprint density at radius 2 is 0.829 bits per heavy atom. The van der Waals surface area contributed by atoms with Gasteiger partial charge >= 0.3 is 12.2 Å². The Morgan fingerprint density at radius 1 is 0.488 bits per heavy atom. The molecule has 0 spiro atoms. The van der Waals surface area contributed by atoms with E-state index in [2.05, 4.69) is 34.9 Å². The van der Waals surface area contributed by atoms with E-state index < -0.39 is 0 Å². The number of amides is 2. The van der Waals surface area contributed by atoms with Crippen LogP contribution in [0.1, 0.15) is 64.2 Å². The lowest BCUT2D eigenvalue weighted by Crippen LogP contribution is -2.31. The van der Waals surface area contributed by atoms with E-state index in [9.17, 15) is 9.59 Å². The second-order valence-corrected chi connectivity index (χ2v) is 9.93. The lowest BCUT2D eigenvalue weighted by molar-refractivity contribution is -0.0107. The smallest absolute Gasteiger partial charge is 0.407 e. The minimum atomic E-state index is -0.377. The zero-order valence-corrected chi connectivity index (χ0v) is 24.7. The van der Waals surface area contributed by atoms with Crippen molar-refractivity contribution in [2.45, 2.75) is 76.4 Å². The third-order valence-electron chi connectivity index (χ3n) is 6.50. The first-order chi connectivity index (χ1) is 20.2. The van der Waals surface area contributed by atoms with E-state index in [4.69, 9.17) is 33.2 Å². The van der Waals surface area contributed by atoms with Crippen LogP contribution in [0, 0.1) is 0 Å². The molecular weight excluding hydrogens is 532 g/mol. The minimum absolute atomic E-state index is 0.00616. The molecule has 2 aliphatic carbocycles. The molecule has 2 unspecified atom stereocenters. The fourth-order valence-corrected chi connectivity index (χ4v) is 4.31.